The number of hydrogen-bond donors (Lipinski definition) is 1. The Morgan fingerprint density at radius 1 is 1.03 bits per heavy atom. The van der Waals surface area contributed by atoms with Crippen LogP contribution in [0.25, 0.3) is 5.65 Å². The monoisotopic (exact) mass is 429 g/mol. The number of carbonyl (C=O) groups is 1. The molecule has 1 N–H and O–H groups in total. The van der Waals surface area contributed by atoms with E-state index in [0.29, 0.717) is 28.5 Å². The average Bonchev–Trinajstić information content (AvgIpc) is 2.78. The van der Waals surface area contributed by atoms with Crippen LogP contribution in [-0.4, -0.2) is 21.4 Å². The normalized spacial score (nSPS) is 11.7. The van der Waals surface area contributed by atoms with Crippen molar-refractivity contribution in [1.29, 1.82) is 0 Å². The van der Waals surface area contributed by atoms with Gasteiger partial charge in [-0.2, -0.15) is 0 Å². The smallest absolute Gasteiger partial charge is 0.265 e. The molecule has 0 bridgehead atoms. The third kappa shape index (κ3) is 5.13. The van der Waals surface area contributed by atoms with E-state index in [9.17, 15) is 9.59 Å². The third-order valence-electron chi connectivity index (χ3n) is 4.79. The van der Waals surface area contributed by atoms with Crippen molar-refractivity contribution in [1.82, 2.24) is 9.38 Å². The van der Waals surface area contributed by atoms with Gasteiger partial charge in [0.15, 0.2) is 6.10 Å². The summed E-state index contributed by atoms with van der Waals surface area (Å²) in [5, 5.41) is 2.83. The number of hydrogen-bond acceptors (Lipinski definition) is 5. The van der Waals surface area contributed by atoms with E-state index < -0.39 is 6.10 Å². The van der Waals surface area contributed by atoms with Crippen LogP contribution in [0.2, 0.25) is 0 Å². The number of aromatic nitrogens is 2. The third-order valence-corrected chi connectivity index (χ3v) is 4.79. The number of pyridine rings is 1. The molecule has 0 aliphatic rings. The van der Waals surface area contributed by atoms with Crippen LogP contribution in [0.3, 0.4) is 0 Å². The Labute approximate surface area is 185 Å². The van der Waals surface area contributed by atoms with Crippen molar-refractivity contribution in [2.75, 3.05) is 5.32 Å². The van der Waals surface area contributed by atoms with E-state index in [1.54, 1.807) is 49.5 Å². The van der Waals surface area contributed by atoms with Gasteiger partial charge >= 0.3 is 0 Å². The summed E-state index contributed by atoms with van der Waals surface area (Å²) in [5.74, 6) is 0.900. The van der Waals surface area contributed by atoms with E-state index in [2.05, 4.69) is 10.3 Å². The van der Waals surface area contributed by atoms with Crippen molar-refractivity contribution in [2.45, 2.75) is 26.6 Å². The van der Waals surface area contributed by atoms with Crippen molar-refractivity contribution in [2.24, 2.45) is 0 Å². The number of ether oxygens (including phenoxy) is 2. The maximum Gasteiger partial charge on any atom is 0.265 e. The molecule has 1 amide bonds. The molecule has 0 aliphatic heterocycles. The van der Waals surface area contributed by atoms with Gasteiger partial charge in [0.1, 0.15) is 23.8 Å². The van der Waals surface area contributed by atoms with E-state index in [1.165, 1.54) is 10.5 Å². The largest absolute Gasteiger partial charge is 0.487 e. The molecule has 0 saturated heterocycles. The second-order valence-corrected chi connectivity index (χ2v) is 7.40. The van der Waals surface area contributed by atoms with Crippen molar-refractivity contribution in [3.05, 3.63) is 101 Å². The Kier molecular flexibility index (Phi) is 6.17. The number of amides is 1. The molecule has 2 heterocycles. The summed E-state index contributed by atoms with van der Waals surface area (Å²) in [7, 11) is 0. The predicted molar refractivity (Wildman–Crippen MR) is 122 cm³/mol. The first-order chi connectivity index (χ1) is 15.5. The average molecular weight is 429 g/mol. The van der Waals surface area contributed by atoms with Gasteiger partial charge in [0.05, 0.1) is 5.69 Å². The molecule has 2 aromatic carbocycles. The van der Waals surface area contributed by atoms with E-state index in [-0.39, 0.29) is 18.1 Å². The molecule has 4 aromatic rings. The lowest BCUT2D eigenvalue weighted by Crippen LogP contribution is -2.30. The minimum absolute atomic E-state index is 0.130. The first-order valence-electron chi connectivity index (χ1n) is 10.2. The van der Waals surface area contributed by atoms with Gasteiger partial charge in [0, 0.05) is 24.0 Å². The van der Waals surface area contributed by atoms with Gasteiger partial charge in [-0.3, -0.25) is 14.0 Å². The van der Waals surface area contributed by atoms with Crippen molar-refractivity contribution in [3.63, 3.8) is 0 Å². The summed E-state index contributed by atoms with van der Waals surface area (Å²) in [4.78, 5) is 29.3. The Balaban J connectivity index is 1.40. The summed E-state index contributed by atoms with van der Waals surface area (Å²) in [5.41, 5.74) is 2.54. The van der Waals surface area contributed by atoms with Gasteiger partial charge in [0.25, 0.3) is 11.5 Å². The highest BCUT2D eigenvalue weighted by atomic mass is 16.5. The number of aryl methyl sites for hydroxylation is 1. The molecule has 2 aromatic heterocycles. The summed E-state index contributed by atoms with van der Waals surface area (Å²) in [6, 6.07) is 21.4. The summed E-state index contributed by atoms with van der Waals surface area (Å²) < 4.78 is 13.0. The number of nitrogens with one attached hydrogen (secondary N) is 1. The lowest BCUT2D eigenvalue weighted by Gasteiger charge is -2.15. The molecular weight excluding hydrogens is 406 g/mol. The Bertz CT molecular complexity index is 1300. The molecule has 0 radical (unpaired) electrons. The molecule has 0 spiro atoms. The van der Waals surface area contributed by atoms with Crippen LogP contribution in [0, 0.1) is 6.92 Å². The van der Waals surface area contributed by atoms with Gasteiger partial charge < -0.3 is 14.8 Å². The Hall–Kier alpha value is -4.13. The quantitative estimate of drug-likeness (QED) is 0.480. The first-order valence-corrected chi connectivity index (χ1v) is 10.2. The van der Waals surface area contributed by atoms with E-state index in [4.69, 9.17) is 9.47 Å². The van der Waals surface area contributed by atoms with Crippen LogP contribution in [0.15, 0.2) is 83.8 Å². The lowest BCUT2D eigenvalue weighted by atomic mass is 10.2. The molecule has 0 aliphatic carbocycles. The minimum atomic E-state index is -0.666. The van der Waals surface area contributed by atoms with Crippen LogP contribution >= 0.6 is 0 Å². The number of anilines is 1. The van der Waals surface area contributed by atoms with E-state index in [1.807, 2.05) is 37.3 Å². The maximum absolute atomic E-state index is 12.5. The molecule has 162 valence electrons. The molecule has 0 fully saturated rings. The fourth-order valence-electron chi connectivity index (χ4n) is 3.15. The van der Waals surface area contributed by atoms with Crippen LogP contribution in [0.1, 0.15) is 18.2 Å². The molecule has 7 heteroatoms. The maximum atomic E-state index is 12.5. The predicted octanol–water partition coefficient (Wildman–Crippen LogP) is 3.99. The zero-order valence-electron chi connectivity index (χ0n) is 17.8. The minimum Gasteiger partial charge on any atom is -0.487 e. The second-order valence-electron chi connectivity index (χ2n) is 7.40. The van der Waals surface area contributed by atoms with Crippen LogP contribution in [0.4, 0.5) is 5.69 Å². The fraction of sp³-hybridized carbons (Fsp3) is 0.160. The topological polar surface area (TPSA) is 81.9 Å². The lowest BCUT2D eigenvalue weighted by molar-refractivity contribution is -0.122. The summed E-state index contributed by atoms with van der Waals surface area (Å²) >= 11 is 0. The number of carbonyl (C=O) groups excluding carboxylic acids is 1. The standard InChI is InChI=1S/C25H23N3O4/c1-17-11-12-28-23(13-17)26-20(15-24(28)29)16-31-22-10-6-7-19(14-22)27-25(30)18(2)32-21-8-4-3-5-9-21/h3-15,18H,16H2,1-2H3,(H,27,30)/t18-/m1/s1. The Morgan fingerprint density at radius 3 is 2.62 bits per heavy atom. The van der Waals surface area contributed by atoms with E-state index in [0.717, 1.165) is 5.56 Å². The van der Waals surface area contributed by atoms with E-state index >= 15 is 0 Å². The number of nitrogens with zero attached hydrogens (tertiary/aromatic N) is 2. The number of fused-ring (bicyclic) bond motifs is 1. The summed E-state index contributed by atoms with van der Waals surface area (Å²) in [6.07, 6.45) is 1.04. The zero-order valence-corrected chi connectivity index (χ0v) is 17.8. The second kappa shape index (κ2) is 9.34. The number of benzene rings is 2. The van der Waals surface area contributed by atoms with Crippen molar-refractivity contribution >= 4 is 17.2 Å². The van der Waals surface area contributed by atoms with Crippen LogP contribution < -0.4 is 20.3 Å². The Morgan fingerprint density at radius 2 is 1.81 bits per heavy atom. The van der Waals surface area contributed by atoms with Gasteiger partial charge in [-0.1, -0.05) is 24.3 Å². The highest BCUT2D eigenvalue weighted by molar-refractivity contribution is 5.94. The van der Waals surface area contributed by atoms with Crippen LogP contribution in [0.5, 0.6) is 11.5 Å². The molecule has 0 unspecified atom stereocenters. The number of para-hydroxylation sites is 1. The summed E-state index contributed by atoms with van der Waals surface area (Å²) in [6.45, 7) is 3.76. The van der Waals surface area contributed by atoms with Gasteiger partial charge in [-0.15, -0.1) is 0 Å². The van der Waals surface area contributed by atoms with Gasteiger partial charge in [-0.05, 0) is 55.8 Å². The van der Waals surface area contributed by atoms with Gasteiger partial charge in [-0.25, -0.2) is 4.98 Å². The highest BCUT2D eigenvalue weighted by Gasteiger charge is 2.15. The molecule has 0 saturated carbocycles. The molecule has 7 nitrogen and oxygen atoms in total. The molecule has 4 rings (SSSR count). The molecule has 32 heavy (non-hydrogen) atoms. The van der Waals surface area contributed by atoms with Crippen molar-refractivity contribution < 1.29 is 14.3 Å². The first kappa shape index (κ1) is 21.1. The number of rotatable bonds is 7. The van der Waals surface area contributed by atoms with Crippen molar-refractivity contribution in [3.8, 4) is 11.5 Å². The molecule has 1 atom stereocenters. The van der Waals surface area contributed by atoms with Gasteiger partial charge in [0.2, 0.25) is 0 Å². The fourth-order valence-corrected chi connectivity index (χ4v) is 3.15. The van der Waals surface area contributed by atoms with Crippen LogP contribution in [-0.2, 0) is 11.4 Å². The zero-order chi connectivity index (χ0) is 22.5. The SMILES string of the molecule is Cc1ccn2c(=O)cc(COc3cccc(NC(=O)[C@@H](C)Oc4ccccc4)c3)nc2c1. The highest BCUT2D eigenvalue weighted by Crippen LogP contribution is 2.19. The molecular formula is C25H23N3O4.